The zero-order chi connectivity index (χ0) is 68.5. The third-order valence-corrected chi connectivity index (χ3v) is 22.1. The first-order valence-electron chi connectivity index (χ1n) is 31.5. The summed E-state index contributed by atoms with van der Waals surface area (Å²) in [6.45, 7) is 22.8. The fourth-order valence-electron chi connectivity index (χ4n) is 11.5. The van der Waals surface area contributed by atoms with Crippen molar-refractivity contribution >= 4 is 67.3 Å². The van der Waals surface area contributed by atoms with Crippen molar-refractivity contribution in [3.8, 4) is 23.0 Å². The molecule has 0 aromatic heterocycles. The lowest BCUT2D eigenvalue weighted by molar-refractivity contribution is -0.128. The molecule has 5 aromatic carbocycles. The Labute approximate surface area is 554 Å². The van der Waals surface area contributed by atoms with Crippen LogP contribution in [0.2, 0.25) is 18.1 Å². The molecule has 0 aliphatic carbocycles. The van der Waals surface area contributed by atoms with Crippen molar-refractivity contribution in [2.24, 2.45) is 5.92 Å². The fraction of sp³-hybridized carbons (Fsp3) is 0.414. The predicted molar refractivity (Wildman–Crippen MR) is 356 cm³/mol. The molecule has 7 amide bonds. The Balaban J connectivity index is 0.886. The van der Waals surface area contributed by atoms with Crippen LogP contribution in [-0.2, 0) is 65.5 Å². The van der Waals surface area contributed by atoms with Crippen LogP contribution in [0, 0.1) is 5.92 Å². The number of rotatable bonds is 24. The van der Waals surface area contributed by atoms with Crippen LogP contribution in [0.3, 0.4) is 0 Å². The predicted octanol–water partition coefficient (Wildman–Crippen LogP) is 9.66. The summed E-state index contributed by atoms with van der Waals surface area (Å²) in [5, 5.41) is 20.0. The average Bonchev–Trinajstić information content (AvgIpc) is 1.62. The molecular weight excluding hydrogens is 1240 g/mol. The second-order valence-electron chi connectivity index (χ2n) is 25.3. The van der Waals surface area contributed by atoms with E-state index in [1.54, 1.807) is 55.1 Å². The molecule has 6 atom stereocenters. The lowest BCUT2D eigenvalue weighted by Gasteiger charge is -2.47. The van der Waals surface area contributed by atoms with Gasteiger partial charge in [0.15, 0.2) is 43.8 Å². The van der Waals surface area contributed by atoms with Gasteiger partial charge in [-0.05, 0) is 95.9 Å². The van der Waals surface area contributed by atoms with Crippen LogP contribution >= 0.6 is 0 Å². The highest BCUT2D eigenvalue weighted by Gasteiger charge is 2.51. The first-order chi connectivity index (χ1) is 45.4. The smallest absolute Gasteiger partial charge is 0.416 e. The third kappa shape index (κ3) is 15.7. The molecule has 4 heterocycles. The Morgan fingerprint density at radius 2 is 1.15 bits per heavy atom. The monoisotopic (exact) mass is 1320 g/mol. The normalized spacial score (nSPS) is 17.9. The Hall–Kier alpha value is -9.43. The molecule has 24 nitrogen and oxygen atoms in total. The SMILES string of the molecule is C=CCOC(=O)N[C@H](C(=O)N[C@@H](C)C(=O)Nc1ccc(COC(=O)N2c3cc(OCCOCCOc4cc5c(cc4OC)C(=O)N4Cc6ccccc6C[C@H]4C(O[Si](C)(C)C(C)(C)C)N5C(=O)OCC=C)c(OC)cc3C(=O)N3Cc4ccccc4C[C@H]3C2O)cc1)C(C)C. The van der Waals surface area contributed by atoms with E-state index in [9.17, 15) is 38.7 Å². The van der Waals surface area contributed by atoms with Gasteiger partial charge in [-0.3, -0.25) is 19.2 Å². The first kappa shape index (κ1) is 69.9. The van der Waals surface area contributed by atoms with Crippen LogP contribution in [0.15, 0.2) is 122 Å². The zero-order valence-corrected chi connectivity index (χ0v) is 56.4. The van der Waals surface area contributed by atoms with Gasteiger partial charge in [0.25, 0.3) is 11.8 Å². The number of nitrogens with zero attached hydrogens (tertiary/aromatic N) is 4. The summed E-state index contributed by atoms with van der Waals surface area (Å²) in [5.74, 6) is -1.50. The number of nitrogens with one attached hydrogen (secondary N) is 3. The molecule has 0 saturated heterocycles. The molecule has 2 unspecified atom stereocenters. The fourth-order valence-corrected chi connectivity index (χ4v) is 12.7. The number of aliphatic hydroxyl groups excluding tert-OH is 1. The summed E-state index contributed by atoms with van der Waals surface area (Å²) in [6, 6.07) is 24.5. The molecule has 506 valence electrons. The molecule has 0 spiro atoms. The third-order valence-electron chi connectivity index (χ3n) is 17.6. The maximum absolute atomic E-state index is 15.0. The lowest BCUT2D eigenvalue weighted by Crippen LogP contribution is -2.60. The molecule has 95 heavy (non-hydrogen) atoms. The molecule has 25 heteroatoms. The van der Waals surface area contributed by atoms with Crippen LogP contribution < -0.4 is 44.7 Å². The highest BCUT2D eigenvalue weighted by Crippen LogP contribution is 2.46. The van der Waals surface area contributed by atoms with Crippen molar-refractivity contribution in [2.45, 2.75) is 129 Å². The quantitative estimate of drug-likeness (QED) is 0.0194. The van der Waals surface area contributed by atoms with E-state index in [4.69, 9.17) is 42.3 Å². The van der Waals surface area contributed by atoms with Crippen LogP contribution in [0.5, 0.6) is 23.0 Å². The minimum absolute atomic E-state index is 0.00122. The topological polar surface area (TPSA) is 272 Å². The van der Waals surface area contributed by atoms with Crippen LogP contribution in [0.25, 0.3) is 0 Å². The number of carbonyl (C=O) groups is 7. The number of methoxy groups -OCH3 is 2. The van der Waals surface area contributed by atoms with Gasteiger partial charge in [-0.2, -0.15) is 0 Å². The Kier molecular flexibility index (Phi) is 22.3. The van der Waals surface area contributed by atoms with Gasteiger partial charge in [-0.15, -0.1) is 0 Å². The number of hydrogen-bond acceptors (Lipinski definition) is 17. The number of amides is 7. The number of aliphatic hydroxyl groups is 1. The van der Waals surface area contributed by atoms with Crippen LogP contribution in [0.4, 0.5) is 31.4 Å². The highest BCUT2D eigenvalue weighted by molar-refractivity contribution is 6.74. The number of anilines is 3. The average molecular weight is 1320 g/mol. The summed E-state index contributed by atoms with van der Waals surface area (Å²) in [6.07, 6.45) is -1.56. The number of carbonyl (C=O) groups excluding carboxylic acids is 7. The van der Waals surface area contributed by atoms with Gasteiger partial charge in [0.05, 0.1) is 62.0 Å². The molecule has 4 N–H and O–H groups in total. The van der Waals surface area contributed by atoms with E-state index in [1.165, 1.54) is 55.2 Å². The molecule has 0 radical (unpaired) electrons. The molecule has 0 fully saturated rings. The minimum Gasteiger partial charge on any atom is -0.493 e. The van der Waals surface area contributed by atoms with Crippen molar-refractivity contribution in [1.29, 1.82) is 0 Å². The summed E-state index contributed by atoms with van der Waals surface area (Å²) < 4.78 is 54.1. The first-order valence-corrected chi connectivity index (χ1v) is 34.4. The molecule has 4 aliphatic heterocycles. The Bertz CT molecular complexity index is 3690. The Morgan fingerprint density at radius 1 is 0.642 bits per heavy atom. The molecule has 0 saturated carbocycles. The van der Waals surface area contributed by atoms with Gasteiger partial charge >= 0.3 is 18.3 Å². The largest absolute Gasteiger partial charge is 0.493 e. The van der Waals surface area contributed by atoms with Crippen molar-refractivity contribution < 1.29 is 81.0 Å². The number of benzene rings is 5. The van der Waals surface area contributed by atoms with Gasteiger partial charge in [0.2, 0.25) is 11.8 Å². The Morgan fingerprint density at radius 3 is 1.67 bits per heavy atom. The summed E-state index contributed by atoms with van der Waals surface area (Å²) in [5.41, 5.74) is 5.17. The number of fused-ring (bicyclic) bond motifs is 6. The van der Waals surface area contributed by atoms with Gasteiger partial charge in [0.1, 0.15) is 45.1 Å². The van der Waals surface area contributed by atoms with Crippen LogP contribution in [0.1, 0.15) is 90.1 Å². The van der Waals surface area contributed by atoms with Gasteiger partial charge < -0.3 is 73.2 Å². The van der Waals surface area contributed by atoms with Gasteiger partial charge in [-0.1, -0.05) is 121 Å². The number of alkyl carbamates (subject to hydrolysis) is 1. The van der Waals surface area contributed by atoms with Crippen molar-refractivity contribution in [3.63, 3.8) is 0 Å². The van der Waals surface area contributed by atoms with E-state index in [-0.39, 0.29) is 128 Å². The molecular formula is C70H85N7O17Si. The van der Waals surface area contributed by atoms with E-state index >= 15 is 0 Å². The number of hydrogen-bond donors (Lipinski definition) is 4. The van der Waals surface area contributed by atoms with Crippen LogP contribution in [-0.4, -0.2) is 156 Å². The highest BCUT2D eigenvalue weighted by atomic mass is 28.4. The van der Waals surface area contributed by atoms with Crippen molar-refractivity contribution in [2.75, 3.05) is 69.0 Å². The maximum atomic E-state index is 15.0. The maximum Gasteiger partial charge on any atom is 0.416 e. The second-order valence-corrected chi connectivity index (χ2v) is 30.1. The molecule has 4 aliphatic rings. The number of ether oxygens (including phenoxy) is 8. The van der Waals surface area contributed by atoms with E-state index in [1.807, 2.05) is 48.5 Å². The lowest BCUT2D eigenvalue weighted by atomic mass is 9.93. The summed E-state index contributed by atoms with van der Waals surface area (Å²) >= 11 is 0. The van der Waals surface area contributed by atoms with E-state index < -0.39 is 80.9 Å². The molecule has 5 aromatic rings. The van der Waals surface area contributed by atoms with E-state index in [2.05, 4.69) is 63.0 Å². The van der Waals surface area contributed by atoms with Crippen molar-refractivity contribution in [1.82, 2.24) is 20.4 Å². The molecule has 0 bridgehead atoms. The minimum atomic E-state index is -2.68. The van der Waals surface area contributed by atoms with E-state index in [0.717, 1.165) is 27.2 Å². The summed E-state index contributed by atoms with van der Waals surface area (Å²) in [4.78, 5) is 103. The van der Waals surface area contributed by atoms with Gasteiger partial charge in [-0.25, -0.2) is 24.2 Å². The van der Waals surface area contributed by atoms with Crippen molar-refractivity contribution in [3.05, 3.63) is 161 Å². The standard InChI is InChI=1S/C70H85N7O17Si/c1-13-27-91-67(83)73-60(42(3)4)62(79)71-43(5)61(78)72-49-25-23-44(24-26-49)41-93-68(84)76-52-37-58(56(86-9)35-50(52)63(80)74-39-47-21-17-15-19-45(47)33-54(74)65(76)82)89-31-29-88-30-32-90-59-38-53-51(36-57(59)87-10)64(81)75-40-48-22-18-16-20-46(48)34-55(75)66(77(53)69(85)92-28-14-2)94-95(11,12)70(6,7)8/h13-26,35-38,42-43,54-55,60,65-66,82H,1-2,27-34,39-41H2,3-12H3,(H,71,79)(H,72,78)(H,73,83)/t43-,54-,55-,60-,65?,66?/m0/s1. The summed E-state index contributed by atoms with van der Waals surface area (Å²) in [7, 11) is 0.196. The van der Waals surface area contributed by atoms with E-state index in [0.29, 0.717) is 17.7 Å². The van der Waals surface area contributed by atoms with Gasteiger partial charge in [0, 0.05) is 30.9 Å². The second kappa shape index (κ2) is 30.3. The molecule has 9 rings (SSSR count). The zero-order valence-electron chi connectivity index (χ0n) is 55.4.